The third-order valence-electron chi connectivity index (χ3n) is 4.52. The third kappa shape index (κ3) is 12.8. The number of anilines is 3. The van der Waals surface area contributed by atoms with E-state index in [1.165, 1.54) is 0 Å². The summed E-state index contributed by atoms with van der Waals surface area (Å²) in [4.78, 5) is 18.4. The lowest BCUT2D eigenvalue weighted by Gasteiger charge is -2.23. The van der Waals surface area contributed by atoms with Crippen molar-refractivity contribution in [3.63, 3.8) is 0 Å². The summed E-state index contributed by atoms with van der Waals surface area (Å²) in [5.41, 5.74) is 0. The van der Waals surface area contributed by atoms with Gasteiger partial charge in [-0.05, 0) is 0 Å². The molecular formula is C18H39N9O6. The van der Waals surface area contributed by atoms with E-state index < -0.39 is 0 Å². The second-order valence-corrected chi connectivity index (χ2v) is 7.01. The van der Waals surface area contributed by atoms with E-state index in [-0.39, 0.29) is 77.5 Å². The number of hydrogen-bond donors (Lipinski definition) is 9. The maximum absolute atomic E-state index is 9.17. The Bertz CT molecular complexity index is 507. The van der Waals surface area contributed by atoms with Crippen molar-refractivity contribution in [2.75, 3.05) is 115 Å². The van der Waals surface area contributed by atoms with Gasteiger partial charge in [-0.1, -0.05) is 0 Å². The molecule has 0 saturated heterocycles. The first kappa shape index (κ1) is 29.1. The first-order chi connectivity index (χ1) is 16.1. The fourth-order valence-corrected chi connectivity index (χ4v) is 2.82. The average Bonchev–Trinajstić information content (AvgIpc) is 2.80. The number of hydrogen-bond acceptors (Lipinski definition) is 15. The quantitative estimate of drug-likeness (QED) is 0.0770. The Labute approximate surface area is 193 Å². The Hall–Kier alpha value is -1.95. The van der Waals surface area contributed by atoms with Crippen LogP contribution in [0.5, 0.6) is 0 Å². The van der Waals surface area contributed by atoms with Crippen LogP contribution in [0.15, 0.2) is 0 Å². The summed E-state index contributed by atoms with van der Waals surface area (Å²) in [6.45, 7) is 2.68. The largest absolute Gasteiger partial charge is 0.395 e. The van der Waals surface area contributed by atoms with Crippen molar-refractivity contribution in [1.29, 1.82) is 0 Å². The van der Waals surface area contributed by atoms with Crippen LogP contribution in [-0.4, -0.2) is 159 Å². The summed E-state index contributed by atoms with van der Waals surface area (Å²) in [6.07, 6.45) is 0. The molecule has 192 valence electrons. The van der Waals surface area contributed by atoms with Gasteiger partial charge in [-0.25, -0.2) is 0 Å². The molecule has 0 radical (unpaired) electrons. The highest BCUT2D eigenvalue weighted by atomic mass is 16.3. The predicted molar refractivity (Wildman–Crippen MR) is 123 cm³/mol. The van der Waals surface area contributed by atoms with Crippen LogP contribution in [0.25, 0.3) is 0 Å². The number of aromatic nitrogens is 3. The molecule has 0 spiro atoms. The minimum atomic E-state index is -0.0599. The van der Waals surface area contributed by atoms with Crippen LogP contribution in [0.1, 0.15) is 0 Å². The first-order valence-corrected chi connectivity index (χ1v) is 10.9. The monoisotopic (exact) mass is 477 g/mol. The van der Waals surface area contributed by atoms with Crippen molar-refractivity contribution in [2.45, 2.75) is 0 Å². The minimum Gasteiger partial charge on any atom is -0.395 e. The molecule has 1 rings (SSSR count). The van der Waals surface area contributed by atoms with Gasteiger partial charge in [0.25, 0.3) is 0 Å². The summed E-state index contributed by atoms with van der Waals surface area (Å²) in [7, 11) is 0. The molecule has 0 atom stereocenters. The van der Waals surface area contributed by atoms with Crippen molar-refractivity contribution >= 4 is 17.8 Å². The first-order valence-electron chi connectivity index (χ1n) is 10.9. The summed E-state index contributed by atoms with van der Waals surface area (Å²) in [5, 5.41) is 64.2. The molecule has 1 heterocycles. The van der Waals surface area contributed by atoms with Crippen LogP contribution < -0.4 is 16.0 Å². The van der Waals surface area contributed by atoms with Gasteiger partial charge in [0.05, 0.1) is 59.6 Å². The maximum atomic E-state index is 9.17. The zero-order valence-corrected chi connectivity index (χ0v) is 19.0. The Morgan fingerprint density at radius 1 is 0.424 bits per heavy atom. The molecule has 0 unspecified atom stereocenters. The lowest BCUT2D eigenvalue weighted by Crippen LogP contribution is -2.36. The number of nitrogens with one attached hydrogen (secondary N) is 3. The van der Waals surface area contributed by atoms with E-state index in [9.17, 15) is 30.6 Å². The van der Waals surface area contributed by atoms with Gasteiger partial charge in [-0.2, -0.15) is 15.0 Å². The van der Waals surface area contributed by atoms with Crippen molar-refractivity contribution < 1.29 is 30.6 Å². The van der Waals surface area contributed by atoms with E-state index in [4.69, 9.17) is 0 Å². The van der Waals surface area contributed by atoms with Crippen molar-refractivity contribution in [2.24, 2.45) is 0 Å². The standard InChI is InChI=1S/C18H39N9O6/c28-7-1-25(2-8-29)13-19-16-22-17(20-14-26(3-9-30)4-10-31)24-18(23-16)21-15-27(5-11-32)6-12-33/h28-33H,1-15H2,(H3,19,20,21,22,23,24). The van der Waals surface area contributed by atoms with Crippen LogP contribution in [0.4, 0.5) is 17.8 Å². The van der Waals surface area contributed by atoms with Gasteiger partial charge in [0.15, 0.2) is 0 Å². The molecule has 9 N–H and O–H groups in total. The topological polar surface area (TPSA) is 206 Å². The lowest BCUT2D eigenvalue weighted by atomic mass is 10.5. The molecular weight excluding hydrogens is 438 g/mol. The van der Waals surface area contributed by atoms with Crippen LogP contribution in [0.2, 0.25) is 0 Å². The second-order valence-electron chi connectivity index (χ2n) is 7.01. The zero-order chi connectivity index (χ0) is 24.3. The van der Waals surface area contributed by atoms with Gasteiger partial charge in [0.1, 0.15) is 0 Å². The molecule has 1 aromatic heterocycles. The van der Waals surface area contributed by atoms with E-state index in [1.807, 2.05) is 0 Å². The molecule has 0 bridgehead atoms. The fraction of sp³-hybridized carbons (Fsp3) is 0.833. The molecule has 0 aliphatic carbocycles. The number of nitrogens with zero attached hydrogens (tertiary/aromatic N) is 6. The van der Waals surface area contributed by atoms with Gasteiger partial charge >= 0.3 is 0 Å². The molecule has 0 fully saturated rings. The van der Waals surface area contributed by atoms with E-state index in [0.29, 0.717) is 39.3 Å². The van der Waals surface area contributed by atoms with E-state index in [0.717, 1.165) is 0 Å². The summed E-state index contributed by atoms with van der Waals surface area (Å²) in [6, 6.07) is 0. The molecule has 15 nitrogen and oxygen atoms in total. The molecule has 15 heteroatoms. The normalized spacial score (nSPS) is 11.5. The van der Waals surface area contributed by atoms with Crippen molar-refractivity contribution in [3.8, 4) is 0 Å². The highest BCUT2D eigenvalue weighted by Gasteiger charge is 2.11. The third-order valence-corrected chi connectivity index (χ3v) is 4.52. The fourth-order valence-electron chi connectivity index (χ4n) is 2.82. The summed E-state index contributed by atoms with van der Waals surface area (Å²) >= 11 is 0. The molecule has 0 aliphatic rings. The number of aliphatic hydroxyl groups is 6. The van der Waals surface area contributed by atoms with Gasteiger partial charge in [0.2, 0.25) is 17.8 Å². The SMILES string of the molecule is OCCN(CCO)CNc1nc(NCN(CCO)CCO)nc(NCN(CCO)CCO)n1. The van der Waals surface area contributed by atoms with Gasteiger partial charge < -0.3 is 46.6 Å². The Morgan fingerprint density at radius 2 is 0.636 bits per heavy atom. The average molecular weight is 478 g/mol. The van der Waals surface area contributed by atoms with Crippen molar-refractivity contribution in [3.05, 3.63) is 0 Å². The summed E-state index contributed by atoms with van der Waals surface area (Å²) < 4.78 is 0. The predicted octanol–water partition coefficient (Wildman–Crippen LogP) is -4.16. The van der Waals surface area contributed by atoms with E-state index in [1.54, 1.807) is 14.7 Å². The van der Waals surface area contributed by atoms with Crippen LogP contribution in [-0.2, 0) is 0 Å². The van der Waals surface area contributed by atoms with Crippen LogP contribution in [0, 0.1) is 0 Å². The molecule has 0 saturated carbocycles. The highest BCUT2D eigenvalue weighted by molar-refractivity contribution is 5.42. The molecule has 0 aromatic carbocycles. The van der Waals surface area contributed by atoms with Gasteiger partial charge in [-0.3, -0.25) is 14.7 Å². The zero-order valence-electron chi connectivity index (χ0n) is 19.0. The number of aliphatic hydroxyl groups excluding tert-OH is 6. The molecule has 1 aromatic rings. The maximum Gasteiger partial charge on any atom is 0.230 e. The van der Waals surface area contributed by atoms with Crippen LogP contribution >= 0.6 is 0 Å². The van der Waals surface area contributed by atoms with Gasteiger partial charge in [0, 0.05) is 39.3 Å². The highest BCUT2D eigenvalue weighted by Crippen LogP contribution is 2.10. The van der Waals surface area contributed by atoms with Crippen molar-refractivity contribution in [1.82, 2.24) is 29.7 Å². The van der Waals surface area contributed by atoms with E-state index >= 15 is 0 Å². The minimum absolute atomic E-state index is 0.0599. The van der Waals surface area contributed by atoms with E-state index in [2.05, 4.69) is 30.9 Å². The molecule has 0 amide bonds. The summed E-state index contributed by atoms with van der Waals surface area (Å²) in [5.74, 6) is 0.757. The Morgan fingerprint density at radius 3 is 0.818 bits per heavy atom. The second kappa shape index (κ2) is 18.5. The Kier molecular flexibility index (Phi) is 16.3. The smallest absolute Gasteiger partial charge is 0.230 e. The number of rotatable bonds is 21. The van der Waals surface area contributed by atoms with Gasteiger partial charge in [-0.15, -0.1) is 0 Å². The molecule has 0 aliphatic heterocycles. The lowest BCUT2D eigenvalue weighted by molar-refractivity contribution is 0.168. The Balaban J connectivity index is 2.93. The van der Waals surface area contributed by atoms with Crippen LogP contribution in [0.3, 0.4) is 0 Å². The molecule has 33 heavy (non-hydrogen) atoms.